The van der Waals surface area contributed by atoms with Crippen molar-refractivity contribution in [1.82, 2.24) is 9.55 Å². The van der Waals surface area contributed by atoms with Crippen molar-refractivity contribution in [3.05, 3.63) is 83.2 Å². The van der Waals surface area contributed by atoms with Crippen molar-refractivity contribution in [2.75, 3.05) is 20.8 Å². The Balaban J connectivity index is 1.60. The molecule has 5 heteroatoms. The fourth-order valence-electron chi connectivity index (χ4n) is 3.95. The van der Waals surface area contributed by atoms with Crippen LogP contribution in [0, 0.1) is 13.8 Å². The van der Waals surface area contributed by atoms with Gasteiger partial charge in [-0.05, 0) is 54.8 Å². The van der Waals surface area contributed by atoms with E-state index >= 15 is 0 Å². The molecule has 0 aliphatic rings. The van der Waals surface area contributed by atoms with Crippen LogP contribution in [0.2, 0.25) is 0 Å². The summed E-state index contributed by atoms with van der Waals surface area (Å²) in [5.41, 5.74) is 5.53. The Morgan fingerprint density at radius 2 is 1.58 bits per heavy atom. The molecule has 0 aliphatic carbocycles. The van der Waals surface area contributed by atoms with E-state index < -0.39 is 0 Å². The number of hydrogen-bond donors (Lipinski definition) is 0. The second-order valence-electron chi connectivity index (χ2n) is 7.60. The molecule has 0 N–H and O–H groups in total. The van der Waals surface area contributed by atoms with E-state index in [1.165, 1.54) is 0 Å². The molecule has 160 valence electrons. The molecule has 0 radical (unpaired) electrons. The lowest BCUT2D eigenvalue weighted by molar-refractivity contribution is 0.295. The predicted octanol–water partition coefficient (Wildman–Crippen LogP) is 5.34. The molecule has 0 unspecified atom stereocenters. The third-order valence-corrected chi connectivity index (χ3v) is 5.51. The summed E-state index contributed by atoms with van der Waals surface area (Å²) < 4.78 is 19.3. The first-order valence-electron chi connectivity index (χ1n) is 10.4. The van der Waals surface area contributed by atoms with Crippen LogP contribution in [0.15, 0.2) is 60.7 Å². The first kappa shape index (κ1) is 20.8. The minimum absolute atomic E-state index is 0.574. The summed E-state index contributed by atoms with van der Waals surface area (Å²) in [5, 5.41) is 0. The highest BCUT2D eigenvalue weighted by Crippen LogP contribution is 2.29. The van der Waals surface area contributed by atoms with Gasteiger partial charge in [0.15, 0.2) is 11.5 Å². The van der Waals surface area contributed by atoms with E-state index in [2.05, 4.69) is 54.8 Å². The van der Waals surface area contributed by atoms with Gasteiger partial charge in [-0.25, -0.2) is 4.98 Å². The van der Waals surface area contributed by atoms with Gasteiger partial charge in [-0.1, -0.05) is 36.4 Å². The maximum atomic E-state index is 6.18. The Morgan fingerprint density at radius 3 is 2.32 bits per heavy atom. The van der Waals surface area contributed by atoms with E-state index in [0.717, 1.165) is 57.3 Å². The van der Waals surface area contributed by atoms with Crippen LogP contribution < -0.4 is 14.2 Å². The highest BCUT2D eigenvalue weighted by molar-refractivity contribution is 5.76. The van der Waals surface area contributed by atoms with Crippen LogP contribution in [0.1, 0.15) is 22.5 Å². The predicted molar refractivity (Wildman–Crippen MR) is 123 cm³/mol. The normalized spacial score (nSPS) is 11.0. The molecule has 0 saturated heterocycles. The van der Waals surface area contributed by atoms with Gasteiger partial charge in [-0.3, -0.25) is 0 Å². The van der Waals surface area contributed by atoms with E-state index in [9.17, 15) is 0 Å². The van der Waals surface area contributed by atoms with E-state index in [1.807, 2.05) is 24.3 Å². The maximum Gasteiger partial charge on any atom is 0.161 e. The zero-order valence-corrected chi connectivity index (χ0v) is 18.5. The van der Waals surface area contributed by atoms with Gasteiger partial charge in [0.05, 0.1) is 31.8 Å². The number of nitrogens with zero attached hydrogens (tertiary/aromatic N) is 2. The first-order chi connectivity index (χ1) is 15.1. The standard InChI is InChI=1S/C26H28N2O3/c1-18-8-7-9-19(2)26(18)31-15-14-28-22-11-6-5-10-21(22)27-25(28)17-20-12-13-23(29-3)24(16-20)30-4/h5-13,16H,14-15,17H2,1-4H3. The number of rotatable bonds is 8. The molecule has 5 nitrogen and oxygen atoms in total. The largest absolute Gasteiger partial charge is 0.493 e. The lowest BCUT2D eigenvalue weighted by Gasteiger charge is -2.14. The molecule has 1 heterocycles. The molecule has 0 spiro atoms. The number of aromatic nitrogens is 2. The average molecular weight is 417 g/mol. The summed E-state index contributed by atoms with van der Waals surface area (Å²) in [4.78, 5) is 4.90. The van der Waals surface area contributed by atoms with Gasteiger partial charge in [0.1, 0.15) is 18.2 Å². The zero-order valence-electron chi connectivity index (χ0n) is 18.5. The number of imidazole rings is 1. The van der Waals surface area contributed by atoms with E-state index in [1.54, 1.807) is 14.2 Å². The second kappa shape index (κ2) is 9.13. The minimum Gasteiger partial charge on any atom is -0.493 e. The highest BCUT2D eigenvalue weighted by Gasteiger charge is 2.13. The van der Waals surface area contributed by atoms with Crippen molar-refractivity contribution in [3.8, 4) is 17.2 Å². The molecule has 3 aromatic carbocycles. The summed E-state index contributed by atoms with van der Waals surface area (Å²) in [5.74, 6) is 3.41. The van der Waals surface area contributed by atoms with Gasteiger partial charge >= 0.3 is 0 Å². The molecule has 31 heavy (non-hydrogen) atoms. The lowest BCUT2D eigenvalue weighted by atomic mass is 10.1. The number of aryl methyl sites for hydroxylation is 2. The number of hydrogen-bond acceptors (Lipinski definition) is 4. The van der Waals surface area contributed by atoms with Crippen LogP contribution in [0.25, 0.3) is 11.0 Å². The van der Waals surface area contributed by atoms with Gasteiger partial charge in [-0.15, -0.1) is 0 Å². The zero-order chi connectivity index (χ0) is 21.8. The van der Waals surface area contributed by atoms with Gasteiger partial charge in [-0.2, -0.15) is 0 Å². The molecule has 0 amide bonds. The Bertz CT molecular complexity index is 1180. The fraction of sp³-hybridized carbons (Fsp3) is 0.269. The van der Waals surface area contributed by atoms with Crippen molar-refractivity contribution in [2.24, 2.45) is 0 Å². The van der Waals surface area contributed by atoms with Crippen molar-refractivity contribution < 1.29 is 14.2 Å². The first-order valence-corrected chi connectivity index (χ1v) is 10.4. The average Bonchev–Trinajstić information content (AvgIpc) is 3.12. The molecule has 0 aliphatic heterocycles. The second-order valence-corrected chi connectivity index (χ2v) is 7.60. The van der Waals surface area contributed by atoms with Crippen molar-refractivity contribution in [2.45, 2.75) is 26.8 Å². The summed E-state index contributed by atoms with van der Waals surface area (Å²) in [6, 6.07) is 20.5. The number of ether oxygens (including phenoxy) is 3. The molecule has 4 aromatic rings. The minimum atomic E-state index is 0.574. The number of fused-ring (bicyclic) bond motifs is 1. The Labute approximate surface area is 183 Å². The van der Waals surface area contributed by atoms with Gasteiger partial charge in [0.25, 0.3) is 0 Å². The smallest absolute Gasteiger partial charge is 0.161 e. The number of benzene rings is 3. The summed E-state index contributed by atoms with van der Waals surface area (Å²) >= 11 is 0. The van der Waals surface area contributed by atoms with Crippen LogP contribution in [-0.4, -0.2) is 30.4 Å². The third-order valence-electron chi connectivity index (χ3n) is 5.51. The van der Waals surface area contributed by atoms with E-state index in [4.69, 9.17) is 19.2 Å². The topological polar surface area (TPSA) is 45.5 Å². The van der Waals surface area contributed by atoms with Crippen LogP contribution in [0.4, 0.5) is 0 Å². The van der Waals surface area contributed by atoms with Gasteiger partial charge < -0.3 is 18.8 Å². The molecule has 0 atom stereocenters. The van der Waals surface area contributed by atoms with Gasteiger partial charge in [0.2, 0.25) is 0 Å². The molecule has 1 aromatic heterocycles. The summed E-state index contributed by atoms with van der Waals surface area (Å²) in [6.07, 6.45) is 0.693. The van der Waals surface area contributed by atoms with Crippen molar-refractivity contribution in [1.29, 1.82) is 0 Å². The Hall–Kier alpha value is -3.47. The summed E-state index contributed by atoms with van der Waals surface area (Å²) in [6.45, 7) is 5.46. The third kappa shape index (κ3) is 4.36. The highest BCUT2D eigenvalue weighted by atomic mass is 16.5. The van der Waals surface area contributed by atoms with Crippen LogP contribution >= 0.6 is 0 Å². The monoisotopic (exact) mass is 416 g/mol. The van der Waals surface area contributed by atoms with E-state index in [0.29, 0.717) is 13.0 Å². The molecule has 0 saturated carbocycles. The molecule has 4 rings (SSSR count). The molecule has 0 bridgehead atoms. The summed E-state index contributed by atoms with van der Waals surface area (Å²) in [7, 11) is 3.30. The van der Waals surface area contributed by atoms with Crippen LogP contribution in [-0.2, 0) is 13.0 Å². The SMILES string of the molecule is COc1ccc(Cc2nc3ccccc3n2CCOc2c(C)cccc2C)cc1OC. The fourth-order valence-corrected chi connectivity index (χ4v) is 3.95. The van der Waals surface area contributed by atoms with Crippen molar-refractivity contribution in [3.63, 3.8) is 0 Å². The Morgan fingerprint density at radius 1 is 0.839 bits per heavy atom. The molecular weight excluding hydrogens is 388 g/mol. The Kier molecular flexibility index (Phi) is 6.12. The maximum absolute atomic E-state index is 6.18. The number of methoxy groups -OCH3 is 2. The van der Waals surface area contributed by atoms with Crippen LogP contribution in [0.5, 0.6) is 17.2 Å². The lowest BCUT2D eigenvalue weighted by Crippen LogP contribution is -2.12. The molecule has 0 fully saturated rings. The van der Waals surface area contributed by atoms with Gasteiger partial charge in [0, 0.05) is 6.42 Å². The van der Waals surface area contributed by atoms with Crippen molar-refractivity contribution >= 4 is 11.0 Å². The molecular formula is C26H28N2O3. The number of para-hydroxylation sites is 3. The quantitative estimate of drug-likeness (QED) is 0.389. The van der Waals surface area contributed by atoms with Crippen LogP contribution in [0.3, 0.4) is 0 Å². The van der Waals surface area contributed by atoms with E-state index in [-0.39, 0.29) is 0 Å².